The van der Waals surface area contributed by atoms with Crippen LogP contribution in [0.3, 0.4) is 0 Å². The molecule has 1 aromatic carbocycles. The molecule has 19 heavy (non-hydrogen) atoms. The van der Waals surface area contributed by atoms with Gasteiger partial charge in [0, 0.05) is 24.7 Å². The fourth-order valence-electron chi connectivity index (χ4n) is 2.16. The van der Waals surface area contributed by atoms with Crippen LogP contribution in [0.1, 0.15) is 16.8 Å². The summed E-state index contributed by atoms with van der Waals surface area (Å²) in [5.74, 6) is -0.431. The normalized spacial score (nSPS) is 18.1. The van der Waals surface area contributed by atoms with E-state index in [0.29, 0.717) is 18.2 Å². The van der Waals surface area contributed by atoms with Crippen LogP contribution >= 0.6 is 12.4 Å². The minimum absolute atomic E-state index is 0. The predicted molar refractivity (Wildman–Crippen MR) is 73.6 cm³/mol. The third-order valence-corrected chi connectivity index (χ3v) is 3.28. The predicted octanol–water partition coefficient (Wildman–Crippen LogP) is 1.69. The van der Waals surface area contributed by atoms with Gasteiger partial charge in [-0.25, -0.2) is 4.39 Å². The smallest absolute Gasteiger partial charge is 0.254 e. The van der Waals surface area contributed by atoms with Crippen molar-refractivity contribution in [3.63, 3.8) is 0 Å². The van der Waals surface area contributed by atoms with E-state index in [1.165, 1.54) is 25.3 Å². The van der Waals surface area contributed by atoms with Crippen molar-refractivity contribution in [3.8, 4) is 5.75 Å². The summed E-state index contributed by atoms with van der Waals surface area (Å²) in [4.78, 5) is 14.0. The molecule has 1 fully saturated rings. The standard InChI is InChI=1S/C13H17FN2O2.ClH/c1-15-10-5-6-16(8-10)13(17)9-3-4-11(14)12(7-9)18-2;/h3-4,7,10,15H,5-6,8H2,1-2H3;1H. The SMILES string of the molecule is CNC1CCN(C(=O)c2ccc(F)c(OC)c2)C1.Cl. The molecule has 106 valence electrons. The molecule has 0 spiro atoms. The molecule has 0 aromatic heterocycles. The molecule has 1 N–H and O–H groups in total. The van der Waals surface area contributed by atoms with Gasteiger partial charge in [0.15, 0.2) is 11.6 Å². The minimum atomic E-state index is -0.455. The fraction of sp³-hybridized carbons (Fsp3) is 0.462. The zero-order valence-electron chi connectivity index (χ0n) is 11.0. The first kappa shape index (κ1) is 15.7. The van der Waals surface area contributed by atoms with Crippen LogP contribution in [0.2, 0.25) is 0 Å². The molecular weight excluding hydrogens is 271 g/mol. The summed E-state index contributed by atoms with van der Waals surface area (Å²) in [5.41, 5.74) is 0.463. The molecule has 1 aliphatic heterocycles. The van der Waals surface area contributed by atoms with E-state index in [2.05, 4.69) is 5.32 Å². The quantitative estimate of drug-likeness (QED) is 0.920. The molecular formula is C13H18ClFN2O2. The molecule has 4 nitrogen and oxygen atoms in total. The van der Waals surface area contributed by atoms with Gasteiger partial charge in [0.1, 0.15) is 0 Å². The first-order valence-electron chi connectivity index (χ1n) is 5.95. The number of rotatable bonds is 3. The molecule has 1 aromatic rings. The average Bonchev–Trinajstić information content (AvgIpc) is 2.87. The van der Waals surface area contributed by atoms with Crippen molar-refractivity contribution >= 4 is 18.3 Å². The number of amides is 1. The molecule has 0 bridgehead atoms. The number of hydrogen-bond donors (Lipinski definition) is 1. The van der Waals surface area contributed by atoms with E-state index in [9.17, 15) is 9.18 Å². The van der Waals surface area contributed by atoms with Crippen molar-refractivity contribution in [3.05, 3.63) is 29.6 Å². The molecule has 1 atom stereocenters. The van der Waals surface area contributed by atoms with Crippen LogP contribution in [0.25, 0.3) is 0 Å². The molecule has 0 saturated carbocycles. The lowest BCUT2D eigenvalue weighted by atomic mass is 10.2. The van der Waals surface area contributed by atoms with Gasteiger partial charge < -0.3 is 15.0 Å². The topological polar surface area (TPSA) is 41.6 Å². The lowest BCUT2D eigenvalue weighted by molar-refractivity contribution is 0.0789. The van der Waals surface area contributed by atoms with Gasteiger partial charge in [-0.3, -0.25) is 4.79 Å². The average molecular weight is 289 g/mol. The van der Waals surface area contributed by atoms with Gasteiger partial charge in [-0.05, 0) is 31.7 Å². The molecule has 0 radical (unpaired) electrons. The van der Waals surface area contributed by atoms with Crippen molar-refractivity contribution < 1.29 is 13.9 Å². The Balaban J connectivity index is 0.00000180. The third kappa shape index (κ3) is 3.36. The van der Waals surface area contributed by atoms with Gasteiger partial charge in [-0.1, -0.05) is 0 Å². The number of nitrogens with zero attached hydrogens (tertiary/aromatic N) is 1. The number of hydrogen-bond acceptors (Lipinski definition) is 3. The maximum Gasteiger partial charge on any atom is 0.254 e. The van der Waals surface area contributed by atoms with Gasteiger partial charge in [-0.2, -0.15) is 0 Å². The second-order valence-electron chi connectivity index (χ2n) is 4.37. The van der Waals surface area contributed by atoms with Crippen molar-refractivity contribution in [2.75, 3.05) is 27.2 Å². The van der Waals surface area contributed by atoms with E-state index in [0.717, 1.165) is 13.0 Å². The fourth-order valence-corrected chi connectivity index (χ4v) is 2.16. The van der Waals surface area contributed by atoms with Crippen LogP contribution in [0.15, 0.2) is 18.2 Å². The minimum Gasteiger partial charge on any atom is -0.494 e. The monoisotopic (exact) mass is 288 g/mol. The number of halogens is 2. The summed E-state index contributed by atoms with van der Waals surface area (Å²) >= 11 is 0. The Morgan fingerprint density at radius 1 is 1.53 bits per heavy atom. The molecule has 1 unspecified atom stereocenters. The molecule has 0 aliphatic carbocycles. The largest absolute Gasteiger partial charge is 0.494 e. The first-order valence-corrected chi connectivity index (χ1v) is 5.95. The molecule has 1 heterocycles. The molecule has 1 aliphatic rings. The lowest BCUT2D eigenvalue weighted by Crippen LogP contribution is -2.33. The lowest BCUT2D eigenvalue weighted by Gasteiger charge is -2.17. The Labute approximate surface area is 118 Å². The summed E-state index contributed by atoms with van der Waals surface area (Å²) in [7, 11) is 3.28. The summed E-state index contributed by atoms with van der Waals surface area (Å²) in [5, 5.41) is 3.15. The van der Waals surface area contributed by atoms with Crippen LogP contribution in [-0.2, 0) is 0 Å². The number of likely N-dealkylation sites (N-methyl/N-ethyl adjacent to an activating group) is 1. The Morgan fingerprint density at radius 3 is 2.84 bits per heavy atom. The van der Waals surface area contributed by atoms with Crippen molar-refractivity contribution in [2.24, 2.45) is 0 Å². The number of carbonyl (C=O) groups is 1. The van der Waals surface area contributed by atoms with Gasteiger partial charge in [0.05, 0.1) is 7.11 Å². The van der Waals surface area contributed by atoms with E-state index in [1.807, 2.05) is 7.05 Å². The van der Waals surface area contributed by atoms with Crippen LogP contribution in [0.4, 0.5) is 4.39 Å². The van der Waals surface area contributed by atoms with Gasteiger partial charge in [0.25, 0.3) is 5.91 Å². The second-order valence-corrected chi connectivity index (χ2v) is 4.37. The molecule has 6 heteroatoms. The van der Waals surface area contributed by atoms with E-state index < -0.39 is 5.82 Å². The molecule has 1 amide bonds. The highest BCUT2D eigenvalue weighted by Crippen LogP contribution is 2.20. The maximum absolute atomic E-state index is 13.3. The summed E-state index contributed by atoms with van der Waals surface area (Å²) in [6, 6.07) is 4.55. The highest BCUT2D eigenvalue weighted by molar-refractivity contribution is 5.94. The van der Waals surface area contributed by atoms with Crippen molar-refractivity contribution in [2.45, 2.75) is 12.5 Å². The summed E-state index contributed by atoms with van der Waals surface area (Å²) in [6.45, 7) is 1.42. The number of benzene rings is 1. The molecule has 2 rings (SSSR count). The summed E-state index contributed by atoms with van der Waals surface area (Å²) < 4.78 is 18.1. The van der Waals surface area contributed by atoms with Gasteiger partial charge in [0.2, 0.25) is 0 Å². The number of likely N-dealkylation sites (tertiary alicyclic amines) is 1. The highest BCUT2D eigenvalue weighted by Gasteiger charge is 2.26. The van der Waals surface area contributed by atoms with Crippen LogP contribution in [0.5, 0.6) is 5.75 Å². The van der Waals surface area contributed by atoms with E-state index in [4.69, 9.17) is 4.74 Å². The Hall–Kier alpha value is -1.33. The van der Waals surface area contributed by atoms with Crippen LogP contribution in [-0.4, -0.2) is 44.1 Å². The first-order chi connectivity index (χ1) is 8.65. The van der Waals surface area contributed by atoms with Crippen molar-refractivity contribution in [1.29, 1.82) is 0 Å². The Morgan fingerprint density at radius 2 is 2.26 bits per heavy atom. The highest BCUT2D eigenvalue weighted by atomic mass is 35.5. The second kappa shape index (κ2) is 6.73. The summed E-state index contributed by atoms with van der Waals surface area (Å²) in [6.07, 6.45) is 0.945. The third-order valence-electron chi connectivity index (χ3n) is 3.28. The van der Waals surface area contributed by atoms with Gasteiger partial charge >= 0.3 is 0 Å². The number of carbonyl (C=O) groups excluding carboxylic acids is 1. The van der Waals surface area contributed by atoms with E-state index in [1.54, 1.807) is 4.90 Å². The number of methoxy groups -OCH3 is 1. The van der Waals surface area contributed by atoms with E-state index in [-0.39, 0.29) is 24.1 Å². The Kier molecular flexibility index (Phi) is 5.57. The zero-order chi connectivity index (χ0) is 13.1. The van der Waals surface area contributed by atoms with E-state index >= 15 is 0 Å². The number of nitrogens with one attached hydrogen (secondary N) is 1. The van der Waals surface area contributed by atoms with Crippen LogP contribution in [0, 0.1) is 5.82 Å². The zero-order valence-corrected chi connectivity index (χ0v) is 11.8. The number of ether oxygens (including phenoxy) is 1. The Bertz CT molecular complexity index is 456. The van der Waals surface area contributed by atoms with Gasteiger partial charge in [-0.15, -0.1) is 12.4 Å². The van der Waals surface area contributed by atoms with Crippen molar-refractivity contribution in [1.82, 2.24) is 10.2 Å². The molecule has 1 saturated heterocycles. The van der Waals surface area contributed by atoms with Crippen LogP contribution < -0.4 is 10.1 Å². The maximum atomic E-state index is 13.3.